The van der Waals surface area contributed by atoms with Crippen LogP contribution in [0.1, 0.15) is 50.9 Å². The minimum Gasteiger partial charge on any atom is -0.494 e. The molecule has 1 aromatic heterocycles. The van der Waals surface area contributed by atoms with Crippen LogP contribution in [0.5, 0.6) is 5.75 Å². The summed E-state index contributed by atoms with van der Waals surface area (Å²) in [6.07, 6.45) is 2.21. The number of aromatic nitrogens is 3. The second-order valence-corrected chi connectivity index (χ2v) is 5.39. The smallest absolute Gasteiger partial charge is 0.119 e. The first kappa shape index (κ1) is 15.5. The van der Waals surface area contributed by atoms with Crippen molar-refractivity contribution in [3.63, 3.8) is 0 Å². The van der Waals surface area contributed by atoms with Crippen molar-refractivity contribution in [3.05, 3.63) is 35.7 Å². The van der Waals surface area contributed by atoms with Gasteiger partial charge < -0.3 is 10.5 Å². The maximum absolute atomic E-state index is 5.74. The third-order valence-corrected chi connectivity index (χ3v) is 3.37. The first-order chi connectivity index (χ1) is 10.2. The summed E-state index contributed by atoms with van der Waals surface area (Å²) in [5, 5.41) is 8.40. The summed E-state index contributed by atoms with van der Waals surface area (Å²) in [6.45, 7) is 7.56. The molecule has 0 radical (unpaired) electrons. The number of hydrogen-bond donors (Lipinski definition) is 1. The first-order valence-corrected chi connectivity index (χ1v) is 7.55. The van der Waals surface area contributed by atoms with E-state index in [4.69, 9.17) is 10.5 Å². The van der Waals surface area contributed by atoms with Gasteiger partial charge in [0.2, 0.25) is 0 Å². The molecule has 21 heavy (non-hydrogen) atoms. The fraction of sp³-hybridized carbons (Fsp3) is 0.500. The molecule has 1 heterocycles. The lowest BCUT2D eigenvalue weighted by atomic mass is 10.1. The highest BCUT2D eigenvalue weighted by Gasteiger charge is 2.16. The predicted octanol–water partition coefficient (Wildman–Crippen LogP) is 3.03. The summed E-state index contributed by atoms with van der Waals surface area (Å²) in [7, 11) is 0. The average Bonchev–Trinajstić information content (AvgIpc) is 2.92. The Morgan fingerprint density at radius 1 is 1.24 bits per heavy atom. The van der Waals surface area contributed by atoms with Gasteiger partial charge in [0.05, 0.1) is 18.0 Å². The summed E-state index contributed by atoms with van der Waals surface area (Å²) < 4.78 is 7.54. The second-order valence-electron chi connectivity index (χ2n) is 5.39. The zero-order valence-corrected chi connectivity index (χ0v) is 13.0. The number of rotatable bonds is 7. The van der Waals surface area contributed by atoms with Crippen molar-refractivity contribution in [2.75, 3.05) is 6.61 Å². The third-order valence-electron chi connectivity index (χ3n) is 3.37. The zero-order valence-electron chi connectivity index (χ0n) is 13.0. The van der Waals surface area contributed by atoms with Crippen LogP contribution in [0.2, 0.25) is 0 Å². The maximum atomic E-state index is 5.74. The van der Waals surface area contributed by atoms with Crippen molar-refractivity contribution in [1.82, 2.24) is 15.0 Å². The van der Waals surface area contributed by atoms with E-state index in [0.717, 1.165) is 42.3 Å². The summed E-state index contributed by atoms with van der Waals surface area (Å²) in [6, 6.07) is 7.95. The number of unbranched alkanes of at least 4 members (excludes halogenated alkanes) is 1. The molecule has 0 aliphatic rings. The normalized spacial score (nSPS) is 11.1. The molecule has 0 saturated carbocycles. The predicted molar refractivity (Wildman–Crippen MR) is 83.7 cm³/mol. The molecule has 1 aromatic carbocycles. The van der Waals surface area contributed by atoms with Crippen LogP contribution in [0.3, 0.4) is 0 Å². The van der Waals surface area contributed by atoms with Crippen LogP contribution >= 0.6 is 0 Å². The Hall–Kier alpha value is -1.88. The van der Waals surface area contributed by atoms with E-state index < -0.39 is 0 Å². The molecule has 2 rings (SSSR count). The summed E-state index contributed by atoms with van der Waals surface area (Å²) in [5.41, 5.74) is 8.64. The molecular weight excluding hydrogens is 264 g/mol. The lowest BCUT2D eigenvalue weighted by molar-refractivity contribution is 0.309. The Morgan fingerprint density at radius 2 is 1.95 bits per heavy atom. The lowest BCUT2D eigenvalue weighted by Gasteiger charge is -2.11. The van der Waals surface area contributed by atoms with E-state index in [-0.39, 0.29) is 0 Å². The third kappa shape index (κ3) is 3.61. The largest absolute Gasteiger partial charge is 0.494 e. The topological polar surface area (TPSA) is 66.0 Å². The van der Waals surface area contributed by atoms with Gasteiger partial charge in [-0.05, 0) is 36.6 Å². The molecule has 2 N–H and O–H groups in total. The van der Waals surface area contributed by atoms with Crippen molar-refractivity contribution < 1.29 is 4.74 Å². The molecule has 0 atom stereocenters. The van der Waals surface area contributed by atoms with Crippen LogP contribution in [0, 0.1) is 0 Å². The summed E-state index contributed by atoms with van der Waals surface area (Å²) >= 11 is 0. The zero-order chi connectivity index (χ0) is 15.2. The molecule has 2 aromatic rings. The van der Waals surface area contributed by atoms with Crippen molar-refractivity contribution >= 4 is 0 Å². The Morgan fingerprint density at radius 3 is 2.52 bits per heavy atom. The molecule has 0 fully saturated rings. The van der Waals surface area contributed by atoms with Gasteiger partial charge in [-0.1, -0.05) is 32.4 Å². The molecule has 0 aliphatic carbocycles. The molecule has 0 aliphatic heterocycles. The standard InChI is InChI=1S/C16H24N4O/c1-4-5-10-21-14-8-6-13(7-9-14)20-16(12(2)3)15(11-17)18-19-20/h6-9,12H,4-5,10-11,17H2,1-3H3. The molecule has 114 valence electrons. The first-order valence-electron chi connectivity index (χ1n) is 7.55. The van der Waals surface area contributed by atoms with E-state index in [0.29, 0.717) is 12.5 Å². The van der Waals surface area contributed by atoms with Crippen LogP contribution in [0.4, 0.5) is 0 Å². The molecule has 0 saturated heterocycles. The van der Waals surface area contributed by atoms with Crippen molar-refractivity contribution in [2.45, 2.75) is 46.1 Å². The van der Waals surface area contributed by atoms with Gasteiger partial charge in [-0.15, -0.1) is 5.10 Å². The van der Waals surface area contributed by atoms with Gasteiger partial charge in [-0.2, -0.15) is 0 Å². The Bertz CT molecular complexity index is 560. The Kier molecular flexibility index (Phi) is 5.33. The quantitative estimate of drug-likeness (QED) is 0.795. The molecule has 0 spiro atoms. The monoisotopic (exact) mass is 288 g/mol. The van der Waals surface area contributed by atoms with Gasteiger partial charge in [0.25, 0.3) is 0 Å². The van der Waals surface area contributed by atoms with E-state index in [9.17, 15) is 0 Å². The maximum Gasteiger partial charge on any atom is 0.119 e. The van der Waals surface area contributed by atoms with E-state index in [2.05, 4.69) is 31.1 Å². The van der Waals surface area contributed by atoms with Crippen LogP contribution in [-0.4, -0.2) is 21.6 Å². The van der Waals surface area contributed by atoms with E-state index >= 15 is 0 Å². The fourth-order valence-electron chi connectivity index (χ4n) is 2.25. The number of hydrogen-bond acceptors (Lipinski definition) is 4. The van der Waals surface area contributed by atoms with Gasteiger partial charge in [0.1, 0.15) is 11.4 Å². The van der Waals surface area contributed by atoms with Crippen molar-refractivity contribution in [2.24, 2.45) is 5.73 Å². The summed E-state index contributed by atoms with van der Waals surface area (Å²) in [5.74, 6) is 1.21. The van der Waals surface area contributed by atoms with E-state index in [1.807, 2.05) is 28.9 Å². The highest BCUT2D eigenvalue weighted by Crippen LogP contribution is 2.22. The summed E-state index contributed by atoms with van der Waals surface area (Å²) in [4.78, 5) is 0. The van der Waals surface area contributed by atoms with E-state index in [1.54, 1.807) is 0 Å². The number of nitrogens with two attached hydrogens (primary N) is 1. The van der Waals surface area contributed by atoms with Crippen LogP contribution in [-0.2, 0) is 6.54 Å². The molecule has 5 heteroatoms. The highest BCUT2D eigenvalue weighted by atomic mass is 16.5. The van der Waals surface area contributed by atoms with Crippen LogP contribution in [0.25, 0.3) is 5.69 Å². The van der Waals surface area contributed by atoms with Crippen LogP contribution < -0.4 is 10.5 Å². The average molecular weight is 288 g/mol. The van der Waals surface area contributed by atoms with E-state index in [1.165, 1.54) is 0 Å². The van der Waals surface area contributed by atoms with Gasteiger partial charge in [0, 0.05) is 6.54 Å². The van der Waals surface area contributed by atoms with Gasteiger partial charge in [-0.3, -0.25) is 0 Å². The molecule has 0 amide bonds. The Balaban J connectivity index is 2.21. The number of benzene rings is 1. The van der Waals surface area contributed by atoms with Crippen molar-refractivity contribution in [3.8, 4) is 11.4 Å². The fourth-order valence-corrected chi connectivity index (χ4v) is 2.25. The number of ether oxygens (including phenoxy) is 1. The van der Waals surface area contributed by atoms with Gasteiger partial charge in [0.15, 0.2) is 0 Å². The Labute approximate surface area is 126 Å². The van der Waals surface area contributed by atoms with Crippen molar-refractivity contribution in [1.29, 1.82) is 0 Å². The molecule has 5 nitrogen and oxygen atoms in total. The molecule has 0 unspecified atom stereocenters. The van der Waals surface area contributed by atoms with Crippen LogP contribution in [0.15, 0.2) is 24.3 Å². The van der Waals surface area contributed by atoms with Gasteiger partial charge >= 0.3 is 0 Å². The molecular formula is C16H24N4O. The van der Waals surface area contributed by atoms with Gasteiger partial charge in [-0.25, -0.2) is 4.68 Å². The molecule has 0 bridgehead atoms. The number of nitrogens with zero attached hydrogens (tertiary/aromatic N) is 3. The lowest BCUT2D eigenvalue weighted by Crippen LogP contribution is -2.07. The minimum atomic E-state index is 0.319. The SMILES string of the molecule is CCCCOc1ccc(-n2nnc(CN)c2C(C)C)cc1. The highest BCUT2D eigenvalue weighted by molar-refractivity contribution is 5.39. The second kappa shape index (κ2) is 7.22. The minimum absolute atomic E-state index is 0.319.